The van der Waals surface area contributed by atoms with Gasteiger partial charge in [-0.05, 0) is 30.0 Å². The fourth-order valence-corrected chi connectivity index (χ4v) is 3.39. The average Bonchev–Trinajstić information content (AvgIpc) is 2.55. The number of quaternary nitrogens is 2. The van der Waals surface area contributed by atoms with Gasteiger partial charge < -0.3 is 24.7 Å². The highest BCUT2D eigenvalue weighted by Gasteiger charge is 2.24. The van der Waals surface area contributed by atoms with Gasteiger partial charge in [0.2, 0.25) is 0 Å². The largest absolute Gasteiger partial charge is 0.490 e. The van der Waals surface area contributed by atoms with Gasteiger partial charge in [0.05, 0.1) is 6.61 Å². The molecule has 1 fully saturated rings. The Morgan fingerprint density at radius 1 is 1.12 bits per heavy atom. The third-order valence-corrected chi connectivity index (χ3v) is 4.88. The number of rotatable bonds is 8. The van der Waals surface area contributed by atoms with Crippen LogP contribution in [-0.2, 0) is 0 Å². The second-order valence-corrected chi connectivity index (χ2v) is 7.34. The predicted octanol–water partition coefficient (Wildman–Crippen LogP) is -1.37. The molecule has 1 saturated heterocycles. The summed E-state index contributed by atoms with van der Waals surface area (Å²) in [6.07, 6.45) is -0.445. The van der Waals surface area contributed by atoms with Gasteiger partial charge in [-0.25, -0.2) is 0 Å². The van der Waals surface area contributed by atoms with E-state index in [1.54, 1.807) is 0 Å². The lowest BCUT2D eigenvalue weighted by Crippen LogP contribution is -3.28. The third-order valence-electron chi connectivity index (χ3n) is 4.88. The third kappa shape index (κ3) is 5.74. The van der Waals surface area contributed by atoms with Crippen LogP contribution in [0.15, 0.2) is 18.2 Å². The topological polar surface area (TPSA) is 58.6 Å². The molecule has 0 spiro atoms. The Balaban J connectivity index is 1.80. The van der Waals surface area contributed by atoms with E-state index in [4.69, 9.17) is 9.84 Å². The Morgan fingerprint density at radius 3 is 2.42 bits per heavy atom. The summed E-state index contributed by atoms with van der Waals surface area (Å²) in [7, 11) is 0. The number of ether oxygens (including phenoxy) is 1. The molecule has 0 bridgehead atoms. The van der Waals surface area contributed by atoms with Gasteiger partial charge in [0.15, 0.2) is 0 Å². The lowest BCUT2D eigenvalue weighted by atomic mass is 10.0. The van der Waals surface area contributed by atoms with Crippen LogP contribution in [0.4, 0.5) is 0 Å². The van der Waals surface area contributed by atoms with Crippen molar-refractivity contribution in [1.82, 2.24) is 0 Å². The van der Waals surface area contributed by atoms with E-state index in [1.165, 1.54) is 20.9 Å². The summed E-state index contributed by atoms with van der Waals surface area (Å²) in [4.78, 5) is 2.90. The number of piperazine rings is 1. The van der Waals surface area contributed by atoms with Crippen LogP contribution in [0.5, 0.6) is 5.75 Å². The summed E-state index contributed by atoms with van der Waals surface area (Å²) >= 11 is 0. The molecule has 1 atom stereocenters. The van der Waals surface area contributed by atoms with Crippen molar-refractivity contribution in [2.75, 3.05) is 52.5 Å². The number of benzene rings is 1. The monoisotopic (exact) mass is 338 g/mol. The molecule has 0 radical (unpaired) electrons. The molecule has 24 heavy (non-hydrogen) atoms. The normalized spacial score (nSPS) is 22.6. The zero-order chi connectivity index (χ0) is 17.5. The van der Waals surface area contributed by atoms with E-state index in [-0.39, 0.29) is 6.61 Å². The van der Waals surface area contributed by atoms with Gasteiger partial charge in [0, 0.05) is 0 Å². The summed E-state index contributed by atoms with van der Waals surface area (Å²) in [6.45, 7) is 12.8. The van der Waals surface area contributed by atoms with Crippen LogP contribution < -0.4 is 14.5 Å². The summed E-state index contributed by atoms with van der Waals surface area (Å²) in [5, 5.41) is 19.3. The first-order chi connectivity index (χ1) is 11.5. The van der Waals surface area contributed by atoms with Crippen LogP contribution in [-0.4, -0.2) is 68.8 Å². The molecule has 1 aromatic rings. The molecular formula is C19H34N2O3+2. The quantitative estimate of drug-likeness (QED) is 0.473. The highest BCUT2D eigenvalue weighted by molar-refractivity contribution is 5.39. The van der Waals surface area contributed by atoms with E-state index in [0.29, 0.717) is 12.5 Å². The smallest absolute Gasteiger partial charge is 0.137 e. The molecule has 1 heterocycles. The molecule has 0 amide bonds. The maximum atomic E-state index is 10.3. The molecule has 1 aromatic carbocycles. The van der Waals surface area contributed by atoms with Gasteiger partial charge >= 0.3 is 0 Å². The Hall–Kier alpha value is -1.14. The lowest BCUT2D eigenvalue weighted by molar-refractivity contribution is -1.01. The Kier molecular flexibility index (Phi) is 7.49. The zero-order valence-corrected chi connectivity index (χ0v) is 15.3. The van der Waals surface area contributed by atoms with Crippen molar-refractivity contribution in [2.45, 2.75) is 32.8 Å². The van der Waals surface area contributed by atoms with Crippen molar-refractivity contribution in [1.29, 1.82) is 0 Å². The molecule has 5 nitrogen and oxygen atoms in total. The van der Waals surface area contributed by atoms with Crippen LogP contribution >= 0.6 is 0 Å². The number of aliphatic hydroxyl groups excluding tert-OH is 2. The SMILES string of the molecule is Cc1ccc(C(C)C)c(OC[C@@H](O)C[NH+]2CC[NH+](CCO)CC2)c1. The minimum absolute atomic E-state index is 0.260. The van der Waals surface area contributed by atoms with E-state index >= 15 is 0 Å². The fourth-order valence-electron chi connectivity index (χ4n) is 3.39. The minimum Gasteiger partial charge on any atom is -0.490 e. The second-order valence-electron chi connectivity index (χ2n) is 7.34. The van der Waals surface area contributed by atoms with Crippen molar-refractivity contribution in [3.63, 3.8) is 0 Å². The molecule has 5 heteroatoms. The number of aliphatic hydroxyl groups is 2. The first kappa shape index (κ1) is 19.2. The van der Waals surface area contributed by atoms with Gasteiger partial charge in [-0.3, -0.25) is 0 Å². The molecule has 0 unspecified atom stereocenters. The minimum atomic E-state index is -0.445. The van der Waals surface area contributed by atoms with E-state index in [9.17, 15) is 5.11 Å². The number of aryl methyl sites for hydroxylation is 1. The van der Waals surface area contributed by atoms with Crippen molar-refractivity contribution in [3.8, 4) is 5.75 Å². The fraction of sp³-hybridized carbons (Fsp3) is 0.684. The molecular weight excluding hydrogens is 304 g/mol. The average molecular weight is 338 g/mol. The number of hydrogen-bond acceptors (Lipinski definition) is 3. The summed E-state index contributed by atoms with van der Waals surface area (Å²) in [6, 6.07) is 6.29. The molecule has 0 aliphatic carbocycles. The van der Waals surface area contributed by atoms with E-state index in [2.05, 4.69) is 39.0 Å². The van der Waals surface area contributed by atoms with Crippen LogP contribution in [0.25, 0.3) is 0 Å². The Labute approximate surface area is 145 Å². The van der Waals surface area contributed by atoms with Gasteiger partial charge in [-0.1, -0.05) is 26.0 Å². The van der Waals surface area contributed by atoms with E-state index in [0.717, 1.165) is 45.0 Å². The van der Waals surface area contributed by atoms with Gasteiger partial charge in [0.1, 0.15) is 57.7 Å². The van der Waals surface area contributed by atoms with Crippen LogP contribution in [0, 0.1) is 6.92 Å². The van der Waals surface area contributed by atoms with Crippen LogP contribution in [0.3, 0.4) is 0 Å². The first-order valence-electron chi connectivity index (χ1n) is 9.19. The van der Waals surface area contributed by atoms with Crippen LogP contribution in [0.2, 0.25) is 0 Å². The van der Waals surface area contributed by atoms with Gasteiger partial charge in [-0.2, -0.15) is 0 Å². The maximum absolute atomic E-state index is 10.3. The van der Waals surface area contributed by atoms with Gasteiger partial charge in [-0.15, -0.1) is 0 Å². The van der Waals surface area contributed by atoms with Gasteiger partial charge in [0.25, 0.3) is 0 Å². The predicted molar refractivity (Wildman–Crippen MR) is 95.0 cm³/mol. The molecule has 0 aromatic heterocycles. The molecule has 1 aliphatic heterocycles. The maximum Gasteiger partial charge on any atom is 0.137 e. The Morgan fingerprint density at radius 2 is 1.79 bits per heavy atom. The number of nitrogens with one attached hydrogen (secondary N) is 2. The van der Waals surface area contributed by atoms with Crippen molar-refractivity contribution in [2.24, 2.45) is 0 Å². The van der Waals surface area contributed by atoms with E-state index in [1.807, 2.05) is 0 Å². The molecule has 1 aliphatic rings. The van der Waals surface area contributed by atoms with Crippen molar-refractivity contribution >= 4 is 0 Å². The highest BCUT2D eigenvalue weighted by atomic mass is 16.5. The summed E-state index contributed by atoms with van der Waals surface area (Å²) in [5.41, 5.74) is 2.37. The molecule has 0 saturated carbocycles. The van der Waals surface area contributed by atoms with Crippen molar-refractivity contribution < 1.29 is 24.7 Å². The standard InChI is InChI=1S/C19H32N2O3/c1-15(2)18-5-4-16(3)12-19(18)24-14-17(23)13-21-8-6-20(7-9-21)10-11-22/h4-5,12,15,17,22-23H,6-11,13-14H2,1-3H3/p+2/t17-/m0/s1. The first-order valence-corrected chi connectivity index (χ1v) is 9.19. The zero-order valence-electron chi connectivity index (χ0n) is 15.3. The Bertz CT molecular complexity index is 499. The van der Waals surface area contributed by atoms with E-state index < -0.39 is 6.10 Å². The number of hydrogen-bond donors (Lipinski definition) is 4. The molecule has 136 valence electrons. The molecule has 4 N–H and O–H groups in total. The second kappa shape index (κ2) is 9.37. The van der Waals surface area contributed by atoms with Crippen LogP contribution in [0.1, 0.15) is 30.9 Å². The van der Waals surface area contributed by atoms with Crippen molar-refractivity contribution in [3.05, 3.63) is 29.3 Å². The summed E-state index contributed by atoms with van der Waals surface area (Å²) < 4.78 is 5.94. The lowest BCUT2D eigenvalue weighted by Gasteiger charge is -2.30. The summed E-state index contributed by atoms with van der Waals surface area (Å²) in [5.74, 6) is 1.31. The molecule has 2 rings (SSSR count). The highest BCUT2D eigenvalue weighted by Crippen LogP contribution is 2.27.